The molecule has 25 heavy (non-hydrogen) atoms. The Hall–Kier alpha value is -1.47. The largest absolute Gasteiger partial charge is 0.322 e. The summed E-state index contributed by atoms with van der Waals surface area (Å²) >= 11 is 7.83. The molecule has 7 heteroatoms. The third-order valence-corrected chi connectivity index (χ3v) is 5.84. The van der Waals surface area contributed by atoms with Gasteiger partial charge in [-0.15, -0.1) is 11.3 Å². The number of anilines is 1. The van der Waals surface area contributed by atoms with Gasteiger partial charge < -0.3 is 10.2 Å². The summed E-state index contributed by atoms with van der Waals surface area (Å²) in [5.41, 5.74) is 0.565. The van der Waals surface area contributed by atoms with Gasteiger partial charge in [-0.3, -0.25) is 9.69 Å². The number of pyridine rings is 1. The predicted octanol–water partition coefficient (Wildman–Crippen LogP) is 2.98. The number of piperazine rings is 1. The second kappa shape index (κ2) is 8.76. The average Bonchev–Trinajstić information content (AvgIpc) is 3.15. The van der Waals surface area contributed by atoms with E-state index in [1.807, 2.05) is 18.3 Å². The van der Waals surface area contributed by atoms with Crippen LogP contribution in [0.1, 0.15) is 11.8 Å². The molecule has 1 fully saturated rings. The minimum absolute atomic E-state index is 0.0399. The van der Waals surface area contributed by atoms with E-state index in [0.717, 1.165) is 39.1 Å². The first-order chi connectivity index (χ1) is 12.1. The highest BCUT2D eigenvalue weighted by Crippen LogP contribution is 2.18. The first kappa shape index (κ1) is 18.3. The van der Waals surface area contributed by atoms with Gasteiger partial charge in [0.1, 0.15) is 0 Å². The van der Waals surface area contributed by atoms with Gasteiger partial charge in [0.15, 0.2) is 5.15 Å². The zero-order chi connectivity index (χ0) is 17.6. The molecule has 1 N–H and O–H groups in total. The fourth-order valence-electron chi connectivity index (χ4n) is 2.98. The summed E-state index contributed by atoms with van der Waals surface area (Å²) < 4.78 is 0. The Balaban J connectivity index is 1.45. The summed E-state index contributed by atoms with van der Waals surface area (Å²) in [4.78, 5) is 22.6. The molecular weight excluding hydrogens is 356 g/mol. The van der Waals surface area contributed by atoms with Crippen LogP contribution in [-0.4, -0.2) is 59.5 Å². The highest BCUT2D eigenvalue weighted by atomic mass is 35.5. The molecule has 1 atom stereocenters. The molecular formula is C18H23ClN4OS. The summed E-state index contributed by atoms with van der Waals surface area (Å²) in [7, 11) is 0. The van der Waals surface area contributed by atoms with Gasteiger partial charge in [-0.1, -0.05) is 17.7 Å². The van der Waals surface area contributed by atoms with Gasteiger partial charge >= 0.3 is 0 Å². The van der Waals surface area contributed by atoms with Gasteiger partial charge in [-0.25, -0.2) is 4.98 Å². The first-order valence-corrected chi connectivity index (χ1v) is 9.79. The molecule has 3 heterocycles. The van der Waals surface area contributed by atoms with Crippen molar-refractivity contribution in [2.75, 3.05) is 38.0 Å². The third kappa shape index (κ3) is 5.01. The van der Waals surface area contributed by atoms with Crippen molar-refractivity contribution in [3.63, 3.8) is 0 Å². The lowest BCUT2D eigenvalue weighted by atomic mass is 10.2. The van der Waals surface area contributed by atoms with Gasteiger partial charge in [0.25, 0.3) is 0 Å². The van der Waals surface area contributed by atoms with Gasteiger partial charge in [0, 0.05) is 43.8 Å². The minimum atomic E-state index is -0.185. The van der Waals surface area contributed by atoms with Crippen molar-refractivity contribution >= 4 is 34.5 Å². The van der Waals surface area contributed by atoms with E-state index in [9.17, 15) is 4.79 Å². The van der Waals surface area contributed by atoms with E-state index in [1.54, 1.807) is 18.3 Å². The Morgan fingerprint density at radius 1 is 1.32 bits per heavy atom. The molecule has 5 nitrogen and oxygen atoms in total. The summed E-state index contributed by atoms with van der Waals surface area (Å²) in [6.07, 6.45) is 2.71. The number of carbonyl (C=O) groups excluding carboxylic acids is 1. The van der Waals surface area contributed by atoms with E-state index >= 15 is 0 Å². The number of nitrogens with zero attached hydrogens (tertiary/aromatic N) is 3. The van der Waals surface area contributed by atoms with Crippen molar-refractivity contribution in [1.82, 2.24) is 14.8 Å². The van der Waals surface area contributed by atoms with Gasteiger partial charge in [0.2, 0.25) is 5.91 Å². The Kier molecular flexibility index (Phi) is 6.42. The maximum Gasteiger partial charge on any atom is 0.241 e. The standard InChI is InChI=1S/C18H23ClN4OS/c1-14(18(24)21-16-5-2-7-20-17(16)19)23-11-9-22(10-12-23)8-6-15-4-3-13-25-15/h2-5,7,13-14H,6,8-12H2,1H3,(H,21,24). The Bertz CT molecular complexity index is 686. The van der Waals surface area contributed by atoms with Crippen LogP contribution >= 0.6 is 22.9 Å². The summed E-state index contributed by atoms with van der Waals surface area (Å²) in [5.74, 6) is -0.0399. The second-order valence-electron chi connectivity index (χ2n) is 6.21. The number of thiophene rings is 1. The van der Waals surface area contributed by atoms with Crippen LogP contribution in [0.25, 0.3) is 0 Å². The van der Waals surface area contributed by atoms with Gasteiger partial charge in [-0.05, 0) is 36.9 Å². The van der Waals surface area contributed by atoms with Crippen molar-refractivity contribution in [2.24, 2.45) is 0 Å². The number of nitrogens with one attached hydrogen (secondary N) is 1. The van der Waals surface area contributed by atoms with E-state index in [1.165, 1.54) is 4.88 Å². The van der Waals surface area contributed by atoms with E-state index < -0.39 is 0 Å². The number of carbonyl (C=O) groups is 1. The molecule has 1 aliphatic rings. The van der Waals surface area contributed by atoms with Crippen LogP contribution in [0.3, 0.4) is 0 Å². The number of aromatic nitrogens is 1. The molecule has 1 amide bonds. The average molecular weight is 379 g/mol. The molecule has 134 valence electrons. The molecule has 0 aliphatic carbocycles. The lowest BCUT2D eigenvalue weighted by Gasteiger charge is -2.37. The summed E-state index contributed by atoms with van der Waals surface area (Å²) in [6.45, 7) is 6.83. The van der Waals surface area contributed by atoms with E-state index in [4.69, 9.17) is 11.6 Å². The van der Waals surface area contributed by atoms with Crippen LogP contribution in [0, 0.1) is 0 Å². The Morgan fingerprint density at radius 3 is 2.80 bits per heavy atom. The number of hydrogen-bond acceptors (Lipinski definition) is 5. The second-order valence-corrected chi connectivity index (χ2v) is 7.60. The number of hydrogen-bond donors (Lipinski definition) is 1. The van der Waals surface area contributed by atoms with Crippen molar-refractivity contribution in [3.8, 4) is 0 Å². The molecule has 0 spiro atoms. The summed E-state index contributed by atoms with van der Waals surface area (Å²) in [5, 5.41) is 5.32. The zero-order valence-corrected chi connectivity index (χ0v) is 15.9. The number of rotatable bonds is 6. The van der Waals surface area contributed by atoms with Crippen LogP contribution in [-0.2, 0) is 11.2 Å². The van der Waals surface area contributed by atoms with E-state index in [0.29, 0.717) is 10.8 Å². The highest BCUT2D eigenvalue weighted by molar-refractivity contribution is 7.09. The van der Waals surface area contributed by atoms with Gasteiger partial charge in [-0.2, -0.15) is 0 Å². The molecule has 1 saturated heterocycles. The number of halogens is 1. The van der Waals surface area contributed by atoms with Crippen LogP contribution in [0.4, 0.5) is 5.69 Å². The van der Waals surface area contributed by atoms with Crippen molar-refractivity contribution < 1.29 is 4.79 Å². The Morgan fingerprint density at radius 2 is 2.12 bits per heavy atom. The van der Waals surface area contributed by atoms with Crippen LogP contribution in [0.2, 0.25) is 5.15 Å². The quantitative estimate of drug-likeness (QED) is 0.785. The molecule has 1 unspecified atom stereocenters. The van der Waals surface area contributed by atoms with E-state index in [-0.39, 0.29) is 11.9 Å². The monoisotopic (exact) mass is 378 g/mol. The molecule has 2 aromatic heterocycles. The molecule has 1 aliphatic heterocycles. The third-order valence-electron chi connectivity index (χ3n) is 4.61. The predicted molar refractivity (Wildman–Crippen MR) is 103 cm³/mol. The zero-order valence-electron chi connectivity index (χ0n) is 14.3. The maximum atomic E-state index is 12.5. The van der Waals surface area contributed by atoms with Gasteiger partial charge in [0.05, 0.1) is 11.7 Å². The van der Waals surface area contributed by atoms with Crippen LogP contribution in [0.15, 0.2) is 35.8 Å². The molecule has 2 aromatic rings. The molecule has 0 aromatic carbocycles. The SMILES string of the molecule is CC(C(=O)Nc1cccnc1Cl)N1CCN(CCc2cccs2)CC1. The van der Waals surface area contributed by atoms with Crippen molar-refractivity contribution in [3.05, 3.63) is 45.9 Å². The van der Waals surface area contributed by atoms with E-state index in [2.05, 4.69) is 37.6 Å². The fourth-order valence-corrected chi connectivity index (χ4v) is 3.84. The molecule has 3 rings (SSSR count). The van der Waals surface area contributed by atoms with Crippen LogP contribution < -0.4 is 5.32 Å². The number of amides is 1. The normalized spacial score (nSPS) is 17.4. The maximum absolute atomic E-state index is 12.5. The highest BCUT2D eigenvalue weighted by Gasteiger charge is 2.25. The van der Waals surface area contributed by atoms with Crippen molar-refractivity contribution in [2.45, 2.75) is 19.4 Å². The first-order valence-electron chi connectivity index (χ1n) is 8.53. The molecule has 0 radical (unpaired) electrons. The minimum Gasteiger partial charge on any atom is -0.322 e. The summed E-state index contributed by atoms with van der Waals surface area (Å²) in [6, 6.07) is 7.64. The molecule has 0 bridgehead atoms. The van der Waals surface area contributed by atoms with Crippen molar-refractivity contribution in [1.29, 1.82) is 0 Å². The molecule has 0 saturated carbocycles. The Labute approximate surface area is 157 Å². The van der Waals surface area contributed by atoms with Crippen LogP contribution in [0.5, 0.6) is 0 Å². The lowest BCUT2D eigenvalue weighted by Crippen LogP contribution is -2.53. The lowest BCUT2D eigenvalue weighted by molar-refractivity contribution is -0.121. The smallest absolute Gasteiger partial charge is 0.241 e. The fraction of sp³-hybridized carbons (Fsp3) is 0.444. The topological polar surface area (TPSA) is 48.5 Å².